The largest absolute Gasteiger partial charge is 0.493 e. The van der Waals surface area contributed by atoms with Gasteiger partial charge in [-0.3, -0.25) is 10.1 Å². The third-order valence-corrected chi connectivity index (χ3v) is 3.06. The Bertz CT molecular complexity index is 670. The van der Waals surface area contributed by atoms with Gasteiger partial charge in [0.05, 0.1) is 12.7 Å². The number of carbonyl (C=O) groups excluding carboxylic acids is 3. The smallest absolute Gasteiger partial charge is 0.338 e. The van der Waals surface area contributed by atoms with Gasteiger partial charge in [0.25, 0.3) is 5.91 Å². The van der Waals surface area contributed by atoms with E-state index in [1.54, 1.807) is 0 Å². The number of nitrogens with one attached hydrogen (secondary N) is 2. The number of esters is 1. The van der Waals surface area contributed by atoms with Crippen molar-refractivity contribution < 1.29 is 33.3 Å². The van der Waals surface area contributed by atoms with Crippen LogP contribution in [-0.2, 0) is 9.53 Å². The monoisotopic (exact) mass is 350 g/mol. The molecule has 0 saturated heterocycles. The van der Waals surface area contributed by atoms with Crippen molar-refractivity contribution in [2.45, 2.75) is 0 Å². The van der Waals surface area contributed by atoms with E-state index in [1.807, 2.05) is 5.32 Å². The van der Waals surface area contributed by atoms with Gasteiger partial charge in [-0.05, 0) is 12.1 Å². The molecule has 0 saturated carbocycles. The average Bonchev–Trinajstić information content (AvgIpc) is 2.63. The summed E-state index contributed by atoms with van der Waals surface area (Å²) in [5, 5.41) is 4.37. The maximum atomic E-state index is 12.1. The van der Waals surface area contributed by atoms with Crippen LogP contribution in [-0.4, -0.2) is 51.4 Å². The summed E-state index contributed by atoms with van der Waals surface area (Å²) in [5.41, 5.74) is 0.130. The molecule has 2 N–H and O–H groups in total. The lowest BCUT2D eigenvalue weighted by molar-refractivity contribution is -0.123. The van der Waals surface area contributed by atoms with E-state index in [0.29, 0.717) is 30.5 Å². The quantitative estimate of drug-likeness (QED) is 0.572. The summed E-state index contributed by atoms with van der Waals surface area (Å²) in [6.07, 6.45) is 1.46. The van der Waals surface area contributed by atoms with Gasteiger partial charge in [0.2, 0.25) is 5.75 Å². The number of urea groups is 1. The first-order valence-electron chi connectivity index (χ1n) is 7.38. The molecule has 0 fully saturated rings. The number of hydrogen-bond acceptors (Lipinski definition) is 7. The molecule has 1 aromatic rings. The first kappa shape index (κ1) is 18.1. The fourth-order valence-electron chi connectivity index (χ4n) is 1.98. The standard InChI is InChI=1S/C16H18N2O7/c1-3-4-17-16(21)18-13(19)9-25-15(20)10-7-11(22-2)14-12(8-10)23-5-6-24-14/h3,7-8H,1,4-6,9H2,2H3,(H2,17,18,19,21). The van der Waals surface area contributed by atoms with Gasteiger partial charge in [-0.1, -0.05) is 6.08 Å². The highest BCUT2D eigenvalue weighted by Crippen LogP contribution is 2.40. The van der Waals surface area contributed by atoms with E-state index in [1.165, 1.54) is 25.3 Å². The zero-order valence-corrected chi connectivity index (χ0v) is 13.6. The minimum absolute atomic E-state index is 0.130. The molecule has 0 radical (unpaired) electrons. The van der Waals surface area contributed by atoms with Crippen molar-refractivity contribution in [3.05, 3.63) is 30.4 Å². The van der Waals surface area contributed by atoms with Gasteiger partial charge in [-0.15, -0.1) is 6.58 Å². The van der Waals surface area contributed by atoms with E-state index in [9.17, 15) is 14.4 Å². The molecule has 0 spiro atoms. The van der Waals surface area contributed by atoms with E-state index in [4.69, 9.17) is 18.9 Å². The van der Waals surface area contributed by atoms with E-state index in [0.717, 1.165) is 0 Å². The van der Waals surface area contributed by atoms with E-state index >= 15 is 0 Å². The molecule has 0 bridgehead atoms. The number of rotatable bonds is 6. The van der Waals surface area contributed by atoms with Crippen LogP contribution in [0.3, 0.4) is 0 Å². The molecule has 3 amide bonds. The Hall–Kier alpha value is -3.23. The summed E-state index contributed by atoms with van der Waals surface area (Å²) >= 11 is 0. The molecule has 2 rings (SSSR count). The number of methoxy groups -OCH3 is 1. The molecule has 134 valence electrons. The van der Waals surface area contributed by atoms with Crippen molar-refractivity contribution in [2.24, 2.45) is 0 Å². The Morgan fingerprint density at radius 1 is 1.28 bits per heavy atom. The fraction of sp³-hybridized carbons (Fsp3) is 0.312. The molecule has 9 nitrogen and oxygen atoms in total. The first-order chi connectivity index (χ1) is 12.0. The summed E-state index contributed by atoms with van der Waals surface area (Å²) in [6.45, 7) is 3.73. The topological polar surface area (TPSA) is 112 Å². The molecule has 0 aliphatic carbocycles. The van der Waals surface area contributed by atoms with Crippen LogP contribution in [0.15, 0.2) is 24.8 Å². The highest BCUT2D eigenvalue weighted by Gasteiger charge is 2.22. The van der Waals surface area contributed by atoms with Crippen molar-refractivity contribution in [1.29, 1.82) is 0 Å². The van der Waals surface area contributed by atoms with E-state index in [2.05, 4.69) is 11.9 Å². The molecule has 0 unspecified atom stereocenters. The highest BCUT2D eigenvalue weighted by molar-refractivity contribution is 5.97. The Balaban J connectivity index is 1.95. The molecule has 1 aliphatic rings. The number of amides is 3. The lowest BCUT2D eigenvalue weighted by Crippen LogP contribution is -2.41. The second kappa shape index (κ2) is 8.57. The van der Waals surface area contributed by atoms with Gasteiger partial charge >= 0.3 is 12.0 Å². The van der Waals surface area contributed by atoms with Crippen LogP contribution in [0.2, 0.25) is 0 Å². The van der Waals surface area contributed by atoms with Crippen LogP contribution in [0, 0.1) is 0 Å². The van der Waals surface area contributed by atoms with Gasteiger partial charge in [-0.25, -0.2) is 9.59 Å². The summed E-state index contributed by atoms with van der Waals surface area (Å²) in [7, 11) is 1.43. The van der Waals surface area contributed by atoms with Crippen LogP contribution in [0.5, 0.6) is 17.2 Å². The van der Waals surface area contributed by atoms with E-state index < -0.39 is 24.5 Å². The minimum Gasteiger partial charge on any atom is -0.493 e. The van der Waals surface area contributed by atoms with Crippen molar-refractivity contribution >= 4 is 17.9 Å². The van der Waals surface area contributed by atoms with Crippen LogP contribution in [0.4, 0.5) is 4.79 Å². The lowest BCUT2D eigenvalue weighted by Gasteiger charge is -2.21. The second-order valence-corrected chi connectivity index (χ2v) is 4.83. The minimum atomic E-state index is -0.767. The molecule has 1 aliphatic heterocycles. The van der Waals surface area contributed by atoms with Crippen molar-refractivity contribution in [3.63, 3.8) is 0 Å². The Morgan fingerprint density at radius 3 is 2.76 bits per heavy atom. The average molecular weight is 350 g/mol. The normalized spacial score (nSPS) is 11.9. The third-order valence-electron chi connectivity index (χ3n) is 3.06. The van der Waals surface area contributed by atoms with Crippen molar-refractivity contribution in [1.82, 2.24) is 10.6 Å². The SMILES string of the molecule is C=CCNC(=O)NC(=O)COC(=O)c1cc(OC)c2c(c1)OCCO2. The number of hydrogen-bond donors (Lipinski definition) is 2. The molecule has 1 heterocycles. The summed E-state index contributed by atoms with van der Waals surface area (Å²) in [6, 6.07) is 2.15. The van der Waals surface area contributed by atoms with Crippen LogP contribution in [0.1, 0.15) is 10.4 Å². The van der Waals surface area contributed by atoms with Gasteiger partial charge in [-0.2, -0.15) is 0 Å². The predicted molar refractivity (Wildman–Crippen MR) is 86.0 cm³/mol. The van der Waals surface area contributed by atoms with Gasteiger partial charge in [0.15, 0.2) is 18.1 Å². The van der Waals surface area contributed by atoms with Gasteiger partial charge < -0.3 is 24.3 Å². The predicted octanol–water partition coefficient (Wildman–Crippen LogP) is 0.635. The fourth-order valence-corrected chi connectivity index (χ4v) is 1.98. The molecule has 9 heteroatoms. The van der Waals surface area contributed by atoms with Crippen molar-refractivity contribution in [2.75, 3.05) is 33.5 Å². The third kappa shape index (κ3) is 4.87. The maximum absolute atomic E-state index is 12.1. The van der Waals surface area contributed by atoms with Gasteiger partial charge in [0.1, 0.15) is 13.2 Å². The molecule has 0 atom stereocenters. The Labute approximate surface area is 143 Å². The van der Waals surface area contributed by atoms with Crippen molar-refractivity contribution in [3.8, 4) is 17.2 Å². The summed E-state index contributed by atoms with van der Waals surface area (Å²) < 4.78 is 20.9. The molecule has 1 aromatic carbocycles. The summed E-state index contributed by atoms with van der Waals surface area (Å²) in [5.74, 6) is -0.457. The number of fused-ring (bicyclic) bond motifs is 1. The molecule has 0 aromatic heterocycles. The number of ether oxygens (including phenoxy) is 4. The van der Waals surface area contributed by atoms with Crippen LogP contribution < -0.4 is 24.8 Å². The number of benzene rings is 1. The Kier molecular flexibility index (Phi) is 6.21. The number of imide groups is 1. The molecular formula is C16H18N2O7. The molecular weight excluding hydrogens is 332 g/mol. The Morgan fingerprint density at radius 2 is 2.04 bits per heavy atom. The second-order valence-electron chi connectivity index (χ2n) is 4.83. The first-order valence-corrected chi connectivity index (χ1v) is 7.38. The van der Waals surface area contributed by atoms with Gasteiger partial charge in [0, 0.05) is 6.54 Å². The van der Waals surface area contributed by atoms with E-state index in [-0.39, 0.29) is 12.1 Å². The lowest BCUT2D eigenvalue weighted by atomic mass is 10.1. The molecule has 25 heavy (non-hydrogen) atoms. The highest BCUT2D eigenvalue weighted by atomic mass is 16.6. The zero-order valence-electron chi connectivity index (χ0n) is 13.6. The maximum Gasteiger partial charge on any atom is 0.338 e. The number of carbonyl (C=O) groups is 3. The summed E-state index contributed by atoms with van der Waals surface area (Å²) in [4.78, 5) is 34.9. The zero-order chi connectivity index (χ0) is 18.2. The van der Waals surface area contributed by atoms with Crippen LogP contribution >= 0.6 is 0 Å². The van der Waals surface area contributed by atoms with Crippen LogP contribution in [0.25, 0.3) is 0 Å².